The van der Waals surface area contributed by atoms with Crippen LogP contribution in [0.3, 0.4) is 0 Å². The number of nitrogens with one attached hydrogen (secondary N) is 1. The van der Waals surface area contributed by atoms with Crippen LogP contribution in [0.2, 0.25) is 0 Å². The molecule has 0 bridgehead atoms. The predicted octanol–water partition coefficient (Wildman–Crippen LogP) is 0.457. The Morgan fingerprint density at radius 2 is 2.24 bits per heavy atom. The SMILES string of the molecule is CC(C)CC(C)/C(=[NH+]/O)C(N)C1=CC(C)CO1. The van der Waals surface area contributed by atoms with E-state index in [9.17, 15) is 5.21 Å². The monoisotopic (exact) mass is 241 g/mol. The summed E-state index contributed by atoms with van der Waals surface area (Å²) in [5, 5.41) is 11.5. The summed E-state index contributed by atoms with van der Waals surface area (Å²) in [5.41, 5.74) is 6.86. The molecule has 0 aromatic rings. The molecule has 0 saturated carbocycles. The van der Waals surface area contributed by atoms with Crippen LogP contribution in [0.4, 0.5) is 0 Å². The molecule has 3 atom stereocenters. The first-order valence-electron chi connectivity index (χ1n) is 6.32. The first-order chi connectivity index (χ1) is 7.95. The highest BCUT2D eigenvalue weighted by Crippen LogP contribution is 2.20. The van der Waals surface area contributed by atoms with Crippen molar-refractivity contribution in [2.45, 2.75) is 40.2 Å². The van der Waals surface area contributed by atoms with Crippen molar-refractivity contribution in [3.05, 3.63) is 11.8 Å². The summed E-state index contributed by atoms with van der Waals surface area (Å²) in [4.78, 5) is 0. The second-order valence-electron chi connectivity index (χ2n) is 5.43. The van der Waals surface area contributed by atoms with Crippen molar-refractivity contribution < 1.29 is 15.1 Å². The second-order valence-corrected chi connectivity index (χ2v) is 5.43. The lowest BCUT2D eigenvalue weighted by molar-refractivity contribution is -0.739. The van der Waals surface area contributed by atoms with Crippen LogP contribution in [-0.2, 0) is 4.74 Å². The van der Waals surface area contributed by atoms with Crippen LogP contribution in [0.1, 0.15) is 34.1 Å². The summed E-state index contributed by atoms with van der Waals surface area (Å²) in [6.07, 6.45) is 3.02. The van der Waals surface area contributed by atoms with Gasteiger partial charge >= 0.3 is 0 Å². The van der Waals surface area contributed by atoms with E-state index in [0.717, 1.165) is 17.9 Å². The lowest BCUT2D eigenvalue weighted by Gasteiger charge is -2.17. The molecule has 3 unspecified atom stereocenters. The Morgan fingerprint density at radius 3 is 2.65 bits per heavy atom. The average molecular weight is 241 g/mol. The molecule has 1 heterocycles. The van der Waals surface area contributed by atoms with Crippen molar-refractivity contribution in [2.75, 3.05) is 6.61 Å². The van der Waals surface area contributed by atoms with Crippen molar-refractivity contribution in [3.63, 3.8) is 0 Å². The van der Waals surface area contributed by atoms with Gasteiger partial charge in [0.15, 0.2) is 0 Å². The molecule has 4 heteroatoms. The minimum absolute atomic E-state index is 0.218. The first kappa shape index (κ1) is 14.0. The van der Waals surface area contributed by atoms with Crippen LogP contribution in [-0.4, -0.2) is 23.6 Å². The number of rotatable bonds is 5. The lowest BCUT2D eigenvalue weighted by Crippen LogP contribution is -2.74. The average Bonchev–Trinajstić information content (AvgIpc) is 2.64. The maximum atomic E-state index is 9.26. The Hall–Kier alpha value is -1.03. The molecular formula is C13H25N2O2+. The van der Waals surface area contributed by atoms with E-state index in [1.54, 1.807) is 0 Å². The van der Waals surface area contributed by atoms with Gasteiger partial charge in [0.1, 0.15) is 11.8 Å². The van der Waals surface area contributed by atoms with Gasteiger partial charge in [0.05, 0.1) is 6.61 Å². The van der Waals surface area contributed by atoms with Gasteiger partial charge in [0.25, 0.3) is 0 Å². The summed E-state index contributed by atoms with van der Waals surface area (Å²) >= 11 is 0. The Labute approximate surface area is 104 Å². The summed E-state index contributed by atoms with van der Waals surface area (Å²) in [6, 6.07) is -0.362. The molecule has 0 amide bonds. The molecule has 0 fully saturated rings. The van der Waals surface area contributed by atoms with E-state index in [2.05, 4.69) is 32.9 Å². The fraction of sp³-hybridized carbons (Fsp3) is 0.769. The quantitative estimate of drug-likeness (QED) is 0.372. The van der Waals surface area contributed by atoms with E-state index in [1.165, 1.54) is 0 Å². The minimum Gasteiger partial charge on any atom is -0.495 e. The molecule has 0 saturated heterocycles. The standard InChI is InChI=1S/C13H24N2O2/c1-8(2)5-10(4)13(15-16)12(14)11-6-9(3)7-17-11/h6,8-10,12,16H,5,7,14H2,1-4H3/p+1/b15-13-. The van der Waals surface area contributed by atoms with Crippen LogP contribution in [0.5, 0.6) is 0 Å². The second kappa shape index (κ2) is 6.05. The van der Waals surface area contributed by atoms with E-state index in [-0.39, 0.29) is 12.0 Å². The Kier molecular flexibility index (Phi) is 5.00. The molecule has 1 rings (SSSR count). The zero-order valence-electron chi connectivity index (χ0n) is 11.2. The van der Waals surface area contributed by atoms with Gasteiger partial charge in [0.2, 0.25) is 5.71 Å². The summed E-state index contributed by atoms with van der Waals surface area (Å²) < 4.78 is 5.53. The molecular weight excluding hydrogens is 216 g/mol. The predicted molar refractivity (Wildman–Crippen MR) is 67.5 cm³/mol. The zero-order chi connectivity index (χ0) is 13.0. The topological polar surface area (TPSA) is 69.5 Å². The zero-order valence-corrected chi connectivity index (χ0v) is 11.2. The van der Waals surface area contributed by atoms with E-state index in [1.807, 2.05) is 6.08 Å². The molecule has 4 nitrogen and oxygen atoms in total. The Bertz CT molecular complexity index is 311. The maximum Gasteiger partial charge on any atom is 0.228 e. The minimum atomic E-state index is -0.362. The van der Waals surface area contributed by atoms with Gasteiger partial charge in [-0.05, 0) is 23.6 Å². The third kappa shape index (κ3) is 3.73. The number of ether oxygens (including phenoxy) is 1. The van der Waals surface area contributed by atoms with Crippen molar-refractivity contribution in [1.29, 1.82) is 0 Å². The van der Waals surface area contributed by atoms with Crippen molar-refractivity contribution in [2.24, 2.45) is 23.5 Å². The van der Waals surface area contributed by atoms with E-state index < -0.39 is 0 Å². The van der Waals surface area contributed by atoms with E-state index in [4.69, 9.17) is 10.5 Å². The number of hydrogen-bond acceptors (Lipinski definition) is 3. The smallest absolute Gasteiger partial charge is 0.228 e. The molecule has 0 aromatic carbocycles. The molecule has 4 N–H and O–H groups in total. The number of hydrogen-bond donors (Lipinski definition) is 3. The first-order valence-corrected chi connectivity index (χ1v) is 6.32. The van der Waals surface area contributed by atoms with E-state index in [0.29, 0.717) is 18.4 Å². The van der Waals surface area contributed by atoms with Crippen LogP contribution in [0.25, 0.3) is 0 Å². The highest BCUT2D eigenvalue weighted by molar-refractivity contribution is 5.88. The largest absolute Gasteiger partial charge is 0.495 e. The van der Waals surface area contributed by atoms with Gasteiger partial charge in [-0.3, -0.25) is 5.21 Å². The molecule has 0 radical (unpaired) electrons. The van der Waals surface area contributed by atoms with Crippen molar-refractivity contribution >= 4 is 5.71 Å². The molecule has 0 spiro atoms. The lowest BCUT2D eigenvalue weighted by atomic mass is 9.90. The van der Waals surface area contributed by atoms with Crippen molar-refractivity contribution in [1.82, 2.24) is 0 Å². The van der Waals surface area contributed by atoms with Gasteiger partial charge in [-0.25, -0.2) is 0 Å². The van der Waals surface area contributed by atoms with Gasteiger partial charge in [0, 0.05) is 11.8 Å². The van der Waals surface area contributed by atoms with Gasteiger partial charge in [-0.15, -0.1) is 0 Å². The third-order valence-electron chi connectivity index (χ3n) is 3.09. The fourth-order valence-electron chi connectivity index (χ4n) is 2.27. The summed E-state index contributed by atoms with van der Waals surface area (Å²) in [6.45, 7) is 9.15. The van der Waals surface area contributed by atoms with Crippen LogP contribution in [0, 0.1) is 17.8 Å². The molecule has 1 aliphatic rings. The van der Waals surface area contributed by atoms with Crippen LogP contribution < -0.4 is 10.9 Å². The molecule has 0 aromatic heterocycles. The third-order valence-corrected chi connectivity index (χ3v) is 3.09. The molecule has 0 aliphatic carbocycles. The highest BCUT2D eigenvalue weighted by Gasteiger charge is 2.31. The molecule has 1 aliphatic heterocycles. The summed E-state index contributed by atoms with van der Waals surface area (Å²) in [7, 11) is 0. The fourth-order valence-corrected chi connectivity index (χ4v) is 2.27. The van der Waals surface area contributed by atoms with Gasteiger partial charge in [-0.1, -0.05) is 27.7 Å². The van der Waals surface area contributed by atoms with Crippen LogP contribution >= 0.6 is 0 Å². The Balaban J connectivity index is 2.71. The normalized spacial score (nSPS) is 24.5. The number of nitrogens with two attached hydrogens (primary N) is 1. The van der Waals surface area contributed by atoms with Gasteiger partial charge in [-0.2, -0.15) is 0 Å². The van der Waals surface area contributed by atoms with Crippen LogP contribution in [0.15, 0.2) is 11.8 Å². The molecule has 17 heavy (non-hydrogen) atoms. The maximum absolute atomic E-state index is 9.26. The highest BCUT2D eigenvalue weighted by atomic mass is 16.5. The van der Waals surface area contributed by atoms with Gasteiger partial charge < -0.3 is 10.5 Å². The molecule has 98 valence electrons. The Morgan fingerprint density at radius 1 is 1.59 bits per heavy atom. The summed E-state index contributed by atoms with van der Waals surface area (Å²) in [5.74, 6) is 1.95. The van der Waals surface area contributed by atoms with E-state index >= 15 is 0 Å². The van der Waals surface area contributed by atoms with Crippen molar-refractivity contribution in [3.8, 4) is 0 Å².